The summed E-state index contributed by atoms with van der Waals surface area (Å²) in [5.74, 6) is 0.266. The monoisotopic (exact) mass is 267 g/mol. The van der Waals surface area contributed by atoms with Crippen molar-refractivity contribution in [1.82, 2.24) is 0 Å². The summed E-state index contributed by atoms with van der Waals surface area (Å²) in [5.41, 5.74) is 3.09. The van der Waals surface area contributed by atoms with Crippen molar-refractivity contribution in [3.8, 4) is 0 Å². The van der Waals surface area contributed by atoms with Crippen molar-refractivity contribution in [1.29, 1.82) is 0 Å². The van der Waals surface area contributed by atoms with Crippen molar-refractivity contribution in [2.24, 2.45) is 0 Å². The number of anilines is 1. The number of nitrogens with zero attached hydrogens (tertiary/aromatic N) is 1. The van der Waals surface area contributed by atoms with Crippen LogP contribution >= 0.6 is 0 Å². The Morgan fingerprint density at radius 3 is 2.60 bits per heavy atom. The van der Waals surface area contributed by atoms with Gasteiger partial charge in [-0.3, -0.25) is 9.63 Å². The maximum atomic E-state index is 12.2. The van der Waals surface area contributed by atoms with Gasteiger partial charge in [0.25, 0.3) is 5.91 Å². The molecule has 102 valence electrons. The van der Waals surface area contributed by atoms with Gasteiger partial charge in [-0.25, -0.2) is 0 Å². The van der Waals surface area contributed by atoms with Crippen LogP contribution in [0.2, 0.25) is 0 Å². The minimum absolute atomic E-state index is 0.0205. The summed E-state index contributed by atoms with van der Waals surface area (Å²) in [6.07, 6.45) is 0.492. The van der Waals surface area contributed by atoms with Gasteiger partial charge in [-0.1, -0.05) is 55.5 Å². The third-order valence-electron chi connectivity index (χ3n) is 3.60. The zero-order valence-electron chi connectivity index (χ0n) is 11.5. The smallest absolute Gasteiger partial charge is 0.251 e. The summed E-state index contributed by atoms with van der Waals surface area (Å²) >= 11 is 0. The van der Waals surface area contributed by atoms with Crippen LogP contribution in [0.4, 0.5) is 5.69 Å². The molecule has 0 saturated carbocycles. The summed E-state index contributed by atoms with van der Waals surface area (Å²) in [4.78, 5) is 17.9. The maximum absolute atomic E-state index is 12.2. The van der Waals surface area contributed by atoms with Crippen LogP contribution in [0, 0.1) is 0 Å². The van der Waals surface area contributed by atoms with Crippen LogP contribution in [0.1, 0.15) is 30.4 Å². The van der Waals surface area contributed by atoms with Gasteiger partial charge < -0.3 is 0 Å². The lowest BCUT2D eigenvalue weighted by Gasteiger charge is -2.31. The number of carbonyl (C=O) groups excluding carboxylic acids is 1. The Hall–Kier alpha value is -2.13. The Bertz CT molecular complexity index is 609. The van der Waals surface area contributed by atoms with Crippen LogP contribution in [0.25, 0.3) is 0 Å². The second kappa shape index (κ2) is 5.47. The first kappa shape index (κ1) is 12.9. The number of hydrogen-bond acceptors (Lipinski definition) is 2. The number of para-hydroxylation sites is 1. The molecule has 3 rings (SSSR count). The van der Waals surface area contributed by atoms with E-state index >= 15 is 0 Å². The van der Waals surface area contributed by atoms with Gasteiger partial charge in [-0.15, -0.1) is 0 Å². The van der Waals surface area contributed by atoms with Gasteiger partial charge in [-0.05, 0) is 23.1 Å². The fourth-order valence-electron chi connectivity index (χ4n) is 2.53. The van der Waals surface area contributed by atoms with Gasteiger partial charge >= 0.3 is 0 Å². The minimum atomic E-state index is 0.0205. The molecular formula is C17H17NO2. The number of benzene rings is 2. The molecule has 2 aromatic carbocycles. The highest BCUT2D eigenvalue weighted by Gasteiger charge is 2.29. The lowest BCUT2D eigenvalue weighted by Crippen LogP contribution is -2.36. The van der Waals surface area contributed by atoms with Crippen LogP contribution < -0.4 is 5.06 Å². The average Bonchev–Trinajstić information content (AvgIpc) is 2.48. The third-order valence-corrected chi connectivity index (χ3v) is 3.60. The molecule has 0 radical (unpaired) electrons. The highest BCUT2D eigenvalue weighted by molar-refractivity contribution is 5.95. The highest BCUT2D eigenvalue weighted by atomic mass is 16.7. The second-order valence-electron chi connectivity index (χ2n) is 5.11. The Morgan fingerprint density at radius 2 is 1.80 bits per heavy atom. The first-order valence-electron chi connectivity index (χ1n) is 6.84. The van der Waals surface area contributed by atoms with Crippen LogP contribution in [0.5, 0.6) is 0 Å². The molecular weight excluding hydrogens is 250 g/mol. The summed E-state index contributed by atoms with van der Waals surface area (Å²) < 4.78 is 0. The van der Waals surface area contributed by atoms with E-state index in [1.165, 1.54) is 10.6 Å². The van der Waals surface area contributed by atoms with E-state index in [2.05, 4.69) is 13.0 Å². The van der Waals surface area contributed by atoms with Gasteiger partial charge in [0.05, 0.1) is 5.69 Å². The molecule has 0 bridgehead atoms. The molecule has 2 aromatic rings. The zero-order chi connectivity index (χ0) is 13.9. The first-order chi connectivity index (χ1) is 9.75. The number of hydroxylamine groups is 1. The lowest BCUT2D eigenvalue weighted by molar-refractivity contribution is -0.127. The molecule has 0 aliphatic carbocycles. The van der Waals surface area contributed by atoms with Crippen LogP contribution in [0.15, 0.2) is 54.6 Å². The number of amides is 1. The molecule has 3 heteroatoms. The molecule has 1 unspecified atom stereocenters. The van der Waals surface area contributed by atoms with E-state index in [0.717, 1.165) is 11.3 Å². The van der Waals surface area contributed by atoms with E-state index in [0.29, 0.717) is 13.0 Å². The quantitative estimate of drug-likeness (QED) is 0.849. The van der Waals surface area contributed by atoms with Crippen molar-refractivity contribution < 1.29 is 9.63 Å². The van der Waals surface area contributed by atoms with E-state index in [1.54, 1.807) is 0 Å². The Labute approximate surface area is 118 Å². The van der Waals surface area contributed by atoms with E-state index in [9.17, 15) is 4.79 Å². The molecule has 20 heavy (non-hydrogen) atoms. The van der Waals surface area contributed by atoms with Gasteiger partial charge in [0.2, 0.25) is 0 Å². The average molecular weight is 267 g/mol. The normalized spacial score (nSPS) is 17.9. The summed E-state index contributed by atoms with van der Waals surface area (Å²) in [6.45, 7) is 2.47. The predicted molar refractivity (Wildman–Crippen MR) is 78.2 cm³/mol. The minimum Gasteiger partial charge on any atom is -0.272 e. The van der Waals surface area contributed by atoms with Crippen LogP contribution in [-0.4, -0.2) is 5.91 Å². The first-order valence-corrected chi connectivity index (χ1v) is 6.84. The summed E-state index contributed by atoms with van der Waals surface area (Å²) in [7, 11) is 0. The van der Waals surface area contributed by atoms with E-state index in [1.807, 2.05) is 48.5 Å². The van der Waals surface area contributed by atoms with E-state index in [4.69, 9.17) is 4.84 Å². The molecule has 0 fully saturated rings. The zero-order valence-corrected chi connectivity index (χ0v) is 11.5. The van der Waals surface area contributed by atoms with Crippen molar-refractivity contribution >= 4 is 11.6 Å². The van der Waals surface area contributed by atoms with Gasteiger partial charge in [0, 0.05) is 6.42 Å². The second-order valence-corrected chi connectivity index (χ2v) is 5.11. The molecule has 1 aliphatic rings. The Morgan fingerprint density at radius 1 is 1.10 bits per heavy atom. The Balaban J connectivity index is 1.82. The molecule has 1 aliphatic heterocycles. The Kier molecular flexibility index (Phi) is 3.52. The van der Waals surface area contributed by atoms with Gasteiger partial charge in [0.1, 0.15) is 6.61 Å². The maximum Gasteiger partial charge on any atom is 0.251 e. The molecule has 1 heterocycles. The highest BCUT2D eigenvalue weighted by Crippen LogP contribution is 2.35. The number of rotatable bonds is 3. The topological polar surface area (TPSA) is 29.5 Å². The fourth-order valence-corrected chi connectivity index (χ4v) is 2.53. The standard InChI is InChI=1S/C17H17NO2/c1-13-11-17(19)18(16-10-6-5-9-15(13)16)20-12-14-7-3-2-4-8-14/h2-10,13H,11-12H2,1H3. The number of fused-ring (bicyclic) bond motifs is 1. The lowest BCUT2D eigenvalue weighted by atomic mass is 9.92. The molecule has 1 atom stereocenters. The van der Waals surface area contributed by atoms with Crippen molar-refractivity contribution in [2.45, 2.75) is 25.9 Å². The van der Waals surface area contributed by atoms with Crippen molar-refractivity contribution in [2.75, 3.05) is 5.06 Å². The van der Waals surface area contributed by atoms with Crippen molar-refractivity contribution in [3.63, 3.8) is 0 Å². The van der Waals surface area contributed by atoms with E-state index in [-0.39, 0.29) is 11.8 Å². The summed E-state index contributed by atoms with van der Waals surface area (Å²) in [5, 5.41) is 1.45. The van der Waals surface area contributed by atoms with E-state index < -0.39 is 0 Å². The predicted octanol–water partition coefficient (Wildman–Crippen LogP) is 3.66. The molecule has 0 spiro atoms. The molecule has 0 aromatic heterocycles. The largest absolute Gasteiger partial charge is 0.272 e. The van der Waals surface area contributed by atoms with Crippen molar-refractivity contribution in [3.05, 3.63) is 65.7 Å². The molecule has 1 amide bonds. The van der Waals surface area contributed by atoms with Crippen LogP contribution in [0.3, 0.4) is 0 Å². The number of hydrogen-bond donors (Lipinski definition) is 0. The summed E-state index contributed by atoms with van der Waals surface area (Å²) in [6, 6.07) is 17.8. The van der Waals surface area contributed by atoms with Gasteiger partial charge in [-0.2, -0.15) is 5.06 Å². The molecule has 0 N–H and O–H groups in total. The number of carbonyl (C=O) groups is 1. The third kappa shape index (κ3) is 2.45. The van der Waals surface area contributed by atoms with Gasteiger partial charge in [0.15, 0.2) is 0 Å². The molecule has 3 nitrogen and oxygen atoms in total. The van der Waals surface area contributed by atoms with Crippen LogP contribution in [-0.2, 0) is 16.2 Å². The SMILES string of the molecule is CC1CC(=O)N(OCc2ccccc2)c2ccccc21. The fraction of sp³-hybridized carbons (Fsp3) is 0.235. The molecule has 0 saturated heterocycles.